The lowest BCUT2D eigenvalue weighted by Crippen LogP contribution is -2.40. The average molecular weight is 314 g/mol. The molecule has 0 aliphatic carbocycles. The molecule has 7 heteroatoms. The van der Waals surface area contributed by atoms with E-state index in [-0.39, 0.29) is 28.3 Å². The van der Waals surface area contributed by atoms with E-state index in [9.17, 15) is 18.4 Å². The van der Waals surface area contributed by atoms with Crippen molar-refractivity contribution in [2.75, 3.05) is 0 Å². The molecule has 0 saturated carbocycles. The third-order valence-electron chi connectivity index (χ3n) is 2.83. The molecule has 1 N–H and O–H groups in total. The summed E-state index contributed by atoms with van der Waals surface area (Å²) in [6.07, 6.45) is 0.116. The van der Waals surface area contributed by atoms with E-state index >= 15 is 0 Å². The second-order valence-electron chi connectivity index (χ2n) is 3.99. The highest BCUT2D eigenvalue weighted by molar-refractivity contribution is 9.10. The number of hydrogen-bond donors (Lipinski definition) is 1. The van der Waals surface area contributed by atoms with Gasteiger partial charge in [0.2, 0.25) is 11.8 Å². The topological polar surface area (TPSA) is 46.2 Å². The van der Waals surface area contributed by atoms with Crippen molar-refractivity contribution in [3.8, 4) is 0 Å². The lowest BCUT2D eigenvalue weighted by Gasteiger charge is -2.22. The molecule has 18 heavy (non-hydrogen) atoms. The van der Waals surface area contributed by atoms with Crippen LogP contribution in [0.1, 0.15) is 24.3 Å². The Kier molecular flexibility index (Phi) is 3.52. The summed E-state index contributed by atoms with van der Waals surface area (Å²) >= 11 is 2.92. The van der Waals surface area contributed by atoms with Crippen molar-refractivity contribution in [3.63, 3.8) is 0 Å². The first-order valence-electron chi connectivity index (χ1n) is 5.18. The standard InChI is InChI=1S/C11H7BBrF2NO2/c12-9-5(13)3-6(14)8(10(9)15)4-1-2-7(17)16-11(4)18/h3-4H,1-2H2,(H,16,17,18). The zero-order chi connectivity index (χ0) is 13.4. The first kappa shape index (κ1) is 13.2. The van der Waals surface area contributed by atoms with E-state index in [0.717, 1.165) is 6.07 Å². The van der Waals surface area contributed by atoms with Crippen LogP contribution in [0.5, 0.6) is 0 Å². The van der Waals surface area contributed by atoms with Gasteiger partial charge in [0.15, 0.2) is 0 Å². The molecule has 0 spiro atoms. The molecule has 1 fully saturated rings. The van der Waals surface area contributed by atoms with Crippen LogP contribution in [0.15, 0.2) is 10.5 Å². The van der Waals surface area contributed by atoms with E-state index < -0.39 is 29.4 Å². The Bertz CT molecular complexity index is 550. The molecule has 92 valence electrons. The largest absolute Gasteiger partial charge is 0.296 e. The Balaban J connectivity index is 2.48. The second kappa shape index (κ2) is 4.80. The minimum Gasteiger partial charge on any atom is -0.296 e. The van der Waals surface area contributed by atoms with Crippen LogP contribution >= 0.6 is 15.9 Å². The van der Waals surface area contributed by atoms with E-state index in [1.54, 1.807) is 0 Å². The highest BCUT2D eigenvalue weighted by atomic mass is 79.9. The molecule has 1 saturated heterocycles. The highest BCUT2D eigenvalue weighted by Gasteiger charge is 2.33. The molecule has 2 rings (SSSR count). The Morgan fingerprint density at radius 2 is 2.06 bits per heavy atom. The molecule has 1 aromatic carbocycles. The number of halogens is 3. The van der Waals surface area contributed by atoms with Gasteiger partial charge in [-0.3, -0.25) is 14.9 Å². The van der Waals surface area contributed by atoms with Crippen molar-refractivity contribution in [2.45, 2.75) is 18.8 Å². The van der Waals surface area contributed by atoms with E-state index in [0.29, 0.717) is 0 Å². The highest BCUT2D eigenvalue weighted by Crippen LogP contribution is 2.30. The summed E-state index contributed by atoms with van der Waals surface area (Å²) in [7, 11) is 5.44. The van der Waals surface area contributed by atoms with Gasteiger partial charge < -0.3 is 0 Å². The van der Waals surface area contributed by atoms with Crippen molar-refractivity contribution < 1.29 is 18.4 Å². The van der Waals surface area contributed by atoms with Gasteiger partial charge in [0.05, 0.1) is 5.92 Å². The fourth-order valence-corrected chi connectivity index (χ4v) is 2.28. The van der Waals surface area contributed by atoms with Crippen LogP contribution in [-0.4, -0.2) is 19.7 Å². The van der Waals surface area contributed by atoms with Gasteiger partial charge in [-0.05, 0) is 17.9 Å². The number of hydrogen-bond acceptors (Lipinski definition) is 2. The SMILES string of the molecule is [B]c1c(Br)cc(F)c(C2CCC(=O)NC2=O)c1F. The molecule has 1 aliphatic heterocycles. The third-order valence-corrected chi connectivity index (χ3v) is 3.48. The number of piperidine rings is 1. The summed E-state index contributed by atoms with van der Waals surface area (Å²) in [5.74, 6) is -3.99. The molecule has 0 bridgehead atoms. The number of rotatable bonds is 1. The monoisotopic (exact) mass is 313 g/mol. The summed E-state index contributed by atoms with van der Waals surface area (Å²) in [5.41, 5.74) is -0.642. The van der Waals surface area contributed by atoms with E-state index in [4.69, 9.17) is 7.85 Å². The normalized spacial score (nSPS) is 19.8. The lowest BCUT2D eigenvalue weighted by atomic mass is 9.85. The average Bonchev–Trinajstić information content (AvgIpc) is 2.29. The zero-order valence-electron chi connectivity index (χ0n) is 9.10. The minimum atomic E-state index is -1.03. The van der Waals surface area contributed by atoms with Crippen LogP contribution in [-0.2, 0) is 9.59 Å². The smallest absolute Gasteiger partial charge is 0.234 e. The minimum absolute atomic E-state index is 0.0469. The summed E-state index contributed by atoms with van der Waals surface area (Å²) in [6.45, 7) is 0. The van der Waals surface area contributed by atoms with Gasteiger partial charge in [0.25, 0.3) is 0 Å². The summed E-state index contributed by atoms with van der Waals surface area (Å²) in [4.78, 5) is 22.6. The fraction of sp³-hybridized carbons (Fsp3) is 0.273. The molecule has 1 aromatic rings. The lowest BCUT2D eigenvalue weighted by molar-refractivity contribution is -0.134. The van der Waals surface area contributed by atoms with Crippen LogP contribution in [0, 0.1) is 11.6 Å². The van der Waals surface area contributed by atoms with Gasteiger partial charge in [-0.1, -0.05) is 15.9 Å². The number of carbonyl (C=O) groups is 2. The van der Waals surface area contributed by atoms with Gasteiger partial charge in [-0.25, -0.2) is 8.78 Å². The first-order chi connectivity index (χ1) is 8.41. The maximum absolute atomic E-state index is 13.9. The number of imide groups is 1. The van der Waals surface area contributed by atoms with Crippen LogP contribution in [0.4, 0.5) is 8.78 Å². The van der Waals surface area contributed by atoms with E-state index in [1.165, 1.54) is 0 Å². The van der Waals surface area contributed by atoms with Crippen LogP contribution in [0.3, 0.4) is 0 Å². The number of nitrogens with one attached hydrogen (secondary N) is 1. The Morgan fingerprint density at radius 1 is 1.39 bits per heavy atom. The molecule has 1 atom stereocenters. The maximum Gasteiger partial charge on any atom is 0.234 e. The summed E-state index contributed by atoms with van der Waals surface area (Å²) in [5, 5.41) is 2.05. The van der Waals surface area contributed by atoms with Gasteiger partial charge in [-0.2, -0.15) is 0 Å². The predicted molar refractivity (Wildman–Crippen MR) is 64.6 cm³/mol. The van der Waals surface area contributed by atoms with Crippen molar-refractivity contribution >= 4 is 41.1 Å². The third kappa shape index (κ3) is 2.19. The Labute approximate surface area is 111 Å². The molecule has 3 nitrogen and oxygen atoms in total. The molecule has 1 unspecified atom stereocenters. The molecule has 2 radical (unpaired) electrons. The molecular weight excluding hydrogens is 307 g/mol. The van der Waals surface area contributed by atoms with Crippen LogP contribution < -0.4 is 10.8 Å². The molecular formula is C11H7BBrF2NO2. The fourth-order valence-electron chi connectivity index (χ4n) is 1.91. The van der Waals surface area contributed by atoms with Crippen molar-refractivity contribution in [1.82, 2.24) is 5.32 Å². The Morgan fingerprint density at radius 3 is 2.67 bits per heavy atom. The first-order valence-corrected chi connectivity index (χ1v) is 5.97. The van der Waals surface area contributed by atoms with Crippen LogP contribution in [0.25, 0.3) is 0 Å². The van der Waals surface area contributed by atoms with Crippen molar-refractivity contribution in [2.24, 2.45) is 0 Å². The van der Waals surface area contributed by atoms with Crippen molar-refractivity contribution in [3.05, 3.63) is 27.7 Å². The number of benzene rings is 1. The summed E-state index contributed by atoms with van der Waals surface area (Å²) < 4.78 is 27.8. The van der Waals surface area contributed by atoms with Gasteiger partial charge >= 0.3 is 0 Å². The number of carbonyl (C=O) groups excluding carboxylic acids is 2. The molecule has 0 aromatic heterocycles. The quantitative estimate of drug-likeness (QED) is 0.622. The zero-order valence-corrected chi connectivity index (χ0v) is 10.7. The van der Waals surface area contributed by atoms with E-state index in [1.807, 2.05) is 0 Å². The predicted octanol–water partition coefficient (Wildman–Crippen LogP) is 1.04. The summed E-state index contributed by atoms with van der Waals surface area (Å²) in [6, 6.07) is 1.01. The molecule has 2 amide bonds. The molecule has 1 aliphatic rings. The molecule has 1 heterocycles. The van der Waals surface area contributed by atoms with Gasteiger partial charge in [-0.15, -0.1) is 0 Å². The number of amides is 2. The maximum atomic E-state index is 13.9. The second-order valence-corrected chi connectivity index (χ2v) is 4.84. The van der Waals surface area contributed by atoms with Crippen molar-refractivity contribution in [1.29, 1.82) is 0 Å². The Hall–Kier alpha value is -1.24. The van der Waals surface area contributed by atoms with E-state index in [2.05, 4.69) is 21.2 Å². The van der Waals surface area contributed by atoms with Gasteiger partial charge in [0, 0.05) is 16.5 Å². The van der Waals surface area contributed by atoms with Gasteiger partial charge in [0.1, 0.15) is 19.5 Å². The van der Waals surface area contributed by atoms with Crippen LogP contribution in [0.2, 0.25) is 0 Å².